The van der Waals surface area contributed by atoms with E-state index in [0.29, 0.717) is 23.7 Å². The first-order chi connectivity index (χ1) is 13.0. The molecule has 1 aromatic rings. The zero-order valence-corrected chi connectivity index (χ0v) is 17.0. The van der Waals surface area contributed by atoms with Crippen LogP contribution in [0.2, 0.25) is 0 Å². The van der Waals surface area contributed by atoms with Crippen LogP contribution in [0.1, 0.15) is 63.5 Å². The number of amides is 2. The molecule has 4 heteroatoms. The smallest absolute Gasteiger partial charge is 0.277 e. The minimum absolute atomic E-state index is 0.0961. The molecule has 0 bridgehead atoms. The van der Waals surface area contributed by atoms with Crippen molar-refractivity contribution in [2.24, 2.45) is 5.92 Å². The molecule has 1 unspecified atom stereocenters. The monoisotopic (exact) mass is 368 g/mol. The third kappa shape index (κ3) is 4.26. The topological polar surface area (TPSA) is 40.6 Å². The van der Waals surface area contributed by atoms with Gasteiger partial charge in [-0.2, -0.15) is 0 Å². The summed E-state index contributed by atoms with van der Waals surface area (Å²) < 4.78 is 0. The number of imide groups is 1. The molecule has 2 aliphatic heterocycles. The molecule has 0 N–H and O–H groups in total. The van der Waals surface area contributed by atoms with Crippen molar-refractivity contribution in [1.29, 1.82) is 0 Å². The number of hydrogen-bond acceptors (Lipinski definition) is 3. The number of likely N-dealkylation sites (tertiary alicyclic amines) is 1. The van der Waals surface area contributed by atoms with Gasteiger partial charge in [-0.1, -0.05) is 62.9 Å². The Morgan fingerprint density at radius 2 is 1.78 bits per heavy atom. The number of unbranched alkanes of at least 4 members (excludes halogenated alkanes) is 3. The Bertz CT molecular complexity index is 720. The van der Waals surface area contributed by atoms with Crippen molar-refractivity contribution in [2.45, 2.75) is 59.3 Å². The Balaban J connectivity index is 1.92. The molecule has 1 aromatic carbocycles. The Labute approximate surface area is 163 Å². The van der Waals surface area contributed by atoms with Gasteiger partial charge in [0.1, 0.15) is 5.70 Å². The summed E-state index contributed by atoms with van der Waals surface area (Å²) >= 11 is 0. The maximum absolute atomic E-state index is 13.2. The van der Waals surface area contributed by atoms with Crippen molar-refractivity contribution in [3.05, 3.63) is 41.1 Å². The van der Waals surface area contributed by atoms with Crippen molar-refractivity contribution in [2.75, 3.05) is 19.6 Å². The standard InChI is InChI=1S/C23H32N2O2/c1-4-5-6-7-15-25-22(26)20(19-12-10-17(2)11-13-19)21(23(25)27)24-14-8-9-18(3)16-24/h10-13,18H,4-9,14-16H2,1-3H3. The van der Waals surface area contributed by atoms with Gasteiger partial charge in [0.15, 0.2) is 0 Å². The number of carbonyl (C=O) groups excluding carboxylic acids is 2. The maximum Gasteiger partial charge on any atom is 0.277 e. The molecule has 2 heterocycles. The van der Waals surface area contributed by atoms with E-state index in [2.05, 4.69) is 18.7 Å². The number of carbonyl (C=O) groups is 2. The first kappa shape index (κ1) is 19.7. The molecule has 0 aliphatic carbocycles. The molecule has 2 aliphatic rings. The van der Waals surface area contributed by atoms with Gasteiger partial charge in [0.2, 0.25) is 0 Å². The van der Waals surface area contributed by atoms with Crippen molar-refractivity contribution in [1.82, 2.24) is 9.80 Å². The van der Waals surface area contributed by atoms with E-state index in [-0.39, 0.29) is 11.8 Å². The van der Waals surface area contributed by atoms with Gasteiger partial charge in [0.25, 0.3) is 11.8 Å². The minimum Gasteiger partial charge on any atom is -0.366 e. The van der Waals surface area contributed by atoms with E-state index < -0.39 is 0 Å². The molecule has 3 rings (SSSR count). The van der Waals surface area contributed by atoms with E-state index in [1.54, 1.807) is 0 Å². The highest BCUT2D eigenvalue weighted by Gasteiger charge is 2.41. The SMILES string of the molecule is CCCCCCN1C(=O)C(c2ccc(C)cc2)=C(N2CCCC(C)C2)C1=O. The number of nitrogens with zero attached hydrogens (tertiary/aromatic N) is 2. The van der Waals surface area contributed by atoms with Crippen molar-refractivity contribution >= 4 is 17.4 Å². The molecular formula is C23H32N2O2. The molecule has 1 atom stereocenters. The van der Waals surface area contributed by atoms with Crippen molar-refractivity contribution in [3.63, 3.8) is 0 Å². The molecule has 4 nitrogen and oxygen atoms in total. The van der Waals surface area contributed by atoms with Crippen LogP contribution in [-0.4, -0.2) is 41.2 Å². The van der Waals surface area contributed by atoms with Gasteiger partial charge in [0, 0.05) is 19.6 Å². The second-order valence-corrected chi connectivity index (χ2v) is 8.11. The van der Waals surface area contributed by atoms with Crippen LogP contribution in [0, 0.1) is 12.8 Å². The summed E-state index contributed by atoms with van der Waals surface area (Å²) in [6, 6.07) is 7.98. The fraction of sp³-hybridized carbons (Fsp3) is 0.565. The molecule has 1 fully saturated rings. The molecule has 146 valence electrons. The summed E-state index contributed by atoms with van der Waals surface area (Å²) in [5.74, 6) is 0.335. The first-order valence-electron chi connectivity index (χ1n) is 10.5. The van der Waals surface area contributed by atoms with E-state index >= 15 is 0 Å². The highest BCUT2D eigenvalue weighted by atomic mass is 16.2. The fourth-order valence-corrected chi connectivity index (χ4v) is 4.13. The Morgan fingerprint density at radius 3 is 2.44 bits per heavy atom. The third-order valence-corrected chi connectivity index (χ3v) is 5.69. The summed E-state index contributed by atoms with van der Waals surface area (Å²) in [6.45, 7) is 8.67. The summed E-state index contributed by atoms with van der Waals surface area (Å²) in [5, 5.41) is 0. The second kappa shape index (κ2) is 8.73. The second-order valence-electron chi connectivity index (χ2n) is 8.11. The highest BCUT2D eigenvalue weighted by Crippen LogP contribution is 2.34. The van der Waals surface area contributed by atoms with Crippen LogP contribution in [0.15, 0.2) is 30.0 Å². The van der Waals surface area contributed by atoms with Gasteiger partial charge in [-0.3, -0.25) is 14.5 Å². The molecule has 1 saturated heterocycles. The molecule has 27 heavy (non-hydrogen) atoms. The Hall–Kier alpha value is -2.10. The number of piperidine rings is 1. The summed E-state index contributed by atoms with van der Waals surface area (Å²) in [4.78, 5) is 30.1. The van der Waals surface area contributed by atoms with E-state index in [0.717, 1.165) is 56.3 Å². The first-order valence-corrected chi connectivity index (χ1v) is 10.5. The predicted octanol–water partition coefficient (Wildman–Crippen LogP) is 4.39. The number of benzene rings is 1. The zero-order valence-electron chi connectivity index (χ0n) is 17.0. The normalized spacial score (nSPS) is 20.8. The molecule has 2 amide bonds. The summed E-state index contributed by atoms with van der Waals surface area (Å²) in [7, 11) is 0. The zero-order chi connectivity index (χ0) is 19.4. The van der Waals surface area contributed by atoms with Crippen LogP contribution in [0.4, 0.5) is 0 Å². The van der Waals surface area contributed by atoms with E-state index in [1.807, 2.05) is 31.2 Å². The summed E-state index contributed by atoms with van der Waals surface area (Å²) in [5.41, 5.74) is 3.25. The summed E-state index contributed by atoms with van der Waals surface area (Å²) in [6.07, 6.45) is 6.49. The van der Waals surface area contributed by atoms with E-state index in [1.165, 1.54) is 11.3 Å². The lowest BCUT2D eigenvalue weighted by atomic mass is 9.97. The lowest BCUT2D eigenvalue weighted by Crippen LogP contribution is -2.39. The van der Waals surface area contributed by atoms with E-state index in [4.69, 9.17) is 0 Å². The van der Waals surface area contributed by atoms with Crippen molar-refractivity contribution < 1.29 is 9.59 Å². The van der Waals surface area contributed by atoms with Crippen molar-refractivity contribution in [3.8, 4) is 0 Å². The van der Waals surface area contributed by atoms with Crippen LogP contribution >= 0.6 is 0 Å². The average molecular weight is 369 g/mol. The van der Waals surface area contributed by atoms with Gasteiger partial charge in [0.05, 0.1) is 5.57 Å². The number of aryl methyl sites for hydroxylation is 1. The van der Waals surface area contributed by atoms with Gasteiger partial charge >= 0.3 is 0 Å². The highest BCUT2D eigenvalue weighted by molar-refractivity contribution is 6.35. The lowest BCUT2D eigenvalue weighted by Gasteiger charge is -2.33. The van der Waals surface area contributed by atoms with E-state index in [9.17, 15) is 9.59 Å². The fourth-order valence-electron chi connectivity index (χ4n) is 4.13. The Morgan fingerprint density at radius 1 is 1.04 bits per heavy atom. The molecule has 0 radical (unpaired) electrons. The van der Waals surface area contributed by atoms with Gasteiger partial charge in [-0.15, -0.1) is 0 Å². The maximum atomic E-state index is 13.2. The average Bonchev–Trinajstić information content (AvgIpc) is 2.90. The minimum atomic E-state index is -0.117. The molecule has 0 aromatic heterocycles. The third-order valence-electron chi connectivity index (χ3n) is 5.69. The predicted molar refractivity (Wildman–Crippen MR) is 109 cm³/mol. The van der Waals surface area contributed by atoms with Crippen LogP contribution in [0.3, 0.4) is 0 Å². The van der Waals surface area contributed by atoms with Crippen LogP contribution in [0.5, 0.6) is 0 Å². The quantitative estimate of drug-likeness (QED) is 0.529. The van der Waals surface area contributed by atoms with Crippen LogP contribution in [-0.2, 0) is 9.59 Å². The lowest BCUT2D eigenvalue weighted by molar-refractivity contribution is -0.137. The number of rotatable bonds is 7. The molecular weight excluding hydrogens is 336 g/mol. The van der Waals surface area contributed by atoms with Crippen LogP contribution in [0.25, 0.3) is 5.57 Å². The van der Waals surface area contributed by atoms with Gasteiger partial charge in [-0.25, -0.2) is 0 Å². The van der Waals surface area contributed by atoms with Gasteiger partial charge < -0.3 is 4.90 Å². The van der Waals surface area contributed by atoms with Gasteiger partial charge in [-0.05, 0) is 37.7 Å². The molecule has 0 spiro atoms. The Kier molecular flexibility index (Phi) is 6.35. The molecule has 0 saturated carbocycles. The largest absolute Gasteiger partial charge is 0.366 e. The van der Waals surface area contributed by atoms with Crippen LogP contribution < -0.4 is 0 Å². The number of hydrogen-bond donors (Lipinski definition) is 0.